The van der Waals surface area contributed by atoms with Crippen molar-refractivity contribution in [1.82, 2.24) is 5.32 Å². The fourth-order valence-corrected chi connectivity index (χ4v) is 1.88. The molecule has 1 atom stereocenters. The third kappa shape index (κ3) is 4.45. The number of benzene rings is 1. The van der Waals surface area contributed by atoms with Crippen molar-refractivity contribution >= 4 is 0 Å². The Morgan fingerprint density at radius 1 is 1.42 bits per heavy atom. The van der Waals surface area contributed by atoms with Crippen LogP contribution in [-0.4, -0.2) is 44.1 Å². The summed E-state index contributed by atoms with van der Waals surface area (Å²) in [5, 5.41) is 13.0. The molecule has 0 spiro atoms. The lowest BCUT2D eigenvalue weighted by Gasteiger charge is -2.38. The van der Waals surface area contributed by atoms with Crippen LogP contribution in [0.15, 0.2) is 24.3 Å². The lowest BCUT2D eigenvalue weighted by atomic mass is 9.89. The molecule has 1 heterocycles. The van der Waals surface area contributed by atoms with Crippen LogP contribution >= 0.6 is 0 Å². The minimum Gasteiger partial charge on any atom is -0.491 e. The van der Waals surface area contributed by atoms with E-state index in [-0.39, 0.29) is 17.8 Å². The average molecular weight is 269 g/mol. The zero-order chi connectivity index (χ0) is 13.7. The van der Waals surface area contributed by atoms with E-state index in [1.807, 2.05) is 0 Å². The number of nitrogens with one attached hydrogen (secondary N) is 1. The van der Waals surface area contributed by atoms with Gasteiger partial charge in [-0.1, -0.05) is 6.92 Å². The summed E-state index contributed by atoms with van der Waals surface area (Å²) in [7, 11) is 0. The Morgan fingerprint density at radius 2 is 2.11 bits per heavy atom. The predicted octanol–water partition coefficient (Wildman–Crippen LogP) is 1.19. The van der Waals surface area contributed by atoms with Crippen LogP contribution in [0, 0.1) is 11.2 Å². The van der Waals surface area contributed by atoms with Crippen molar-refractivity contribution < 1.29 is 19.0 Å². The van der Waals surface area contributed by atoms with Crippen molar-refractivity contribution in [2.75, 3.05) is 32.9 Å². The highest BCUT2D eigenvalue weighted by atomic mass is 19.1. The molecule has 0 saturated carbocycles. The first-order chi connectivity index (χ1) is 9.07. The maximum Gasteiger partial charge on any atom is 0.123 e. The molecule has 1 aliphatic rings. The van der Waals surface area contributed by atoms with E-state index in [2.05, 4.69) is 12.2 Å². The lowest BCUT2D eigenvalue weighted by molar-refractivity contribution is -0.0997. The predicted molar refractivity (Wildman–Crippen MR) is 69.7 cm³/mol. The Hall–Kier alpha value is -1.17. The van der Waals surface area contributed by atoms with Gasteiger partial charge in [0.05, 0.1) is 13.2 Å². The molecular weight excluding hydrogens is 249 g/mol. The molecule has 0 bridgehead atoms. The largest absolute Gasteiger partial charge is 0.491 e. The number of aliphatic hydroxyl groups excluding tert-OH is 1. The van der Waals surface area contributed by atoms with E-state index in [1.54, 1.807) is 12.1 Å². The van der Waals surface area contributed by atoms with Crippen LogP contribution in [0.5, 0.6) is 5.75 Å². The second kappa shape index (κ2) is 6.32. The second-order valence-electron chi connectivity index (χ2n) is 5.35. The van der Waals surface area contributed by atoms with Gasteiger partial charge in [0.2, 0.25) is 0 Å². The van der Waals surface area contributed by atoms with Gasteiger partial charge >= 0.3 is 0 Å². The number of rotatable bonds is 7. The fourth-order valence-electron chi connectivity index (χ4n) is 1.88. The van der Waals surface area contributed by atoms with Crippen molar-refractivity contribution in [2.24, 2.45) is 5.41 Å². The van der Waals surface area contributed by atoms with E-state index in [1.165, 1.54) is 12.1 Å². The number of halogens is 1. The molecule has 1 saturated heterocycles. The molecule has 19 heavy (non-hydrogen) atoms. The van der Waals surface area contributed by atoms with Crippen LogP contribution in [0.3, 0.4) is 0 Å². The maximum atomic E-state index is 12.7. The quantitative estimate of drug-likeness (QED) is 0.781. The molecule has 1 unspecified atom stereocenters. The fraction of sp³-hybridized carbons (Fsp3) is 0.571. The summed E-state index contributed by atoms with van der Waals surface area (Å²) in [6.45, 7) is 5.15. The highest BCUT2D eigenvalue weighted by Gasteiger charge is 2.32. The van der Waals surface area contributed by atoms with Crippen LogP contribution in [-0.2, 0) is 4.74 Å². The summed E-state index contributed by atoms with van der Waals surface area (Å²) in [5.74, 6) is 0.255. The van der Waals surface area contributed by atoms with Gasteiger partial charge in [-0.25, -0.2) is 4.39 Å². The van der Waals surface area contributed by atoms with E-state index in [9.17, 15) is 9.50 Å². The summed E-state index contributed by atoms with van der Waals surface area (Å²) in [6, 6.07) is 5.75. The van der Waals surface area contributed by atoms with Gasteiger partial charge in [0.15, 0.2) is 0 Å². The highest BCUT2D eigenvalue weighted by Crippen LogP contribution is 2.24. The first kappa shape index (κ1) is 14.2. The Bertz CT molecular complexity index is 392. The molecule has 106 valence electrons. The van der Waals surface area contributed by atoms with E-state index in [0.717, 1.165) is 19.8 Å². The van der Waals surface area contributed by atoms with Crippen molar-refractivity contribution in [1.29, 1.82) is 0 Å². The van der Waals surface area contributed by atoms with E-state index >= 15 is 0 Å². The zero-order valence-corrected chi connectivity index (χ0v) is 11.1. The number of hydrogen-bond acceptors (Lipinski definition) is 4. The Balaban J connectivity index is 1.61. The van der Waals surface area contributed by atoms with Crippen LogP contribution in [0.1, 0.15) is 6.92 Å². The normalized spacial score (nSPS) is 18.7. The average Bonchev–Trinajstić information content (AvgIpc) is 2.36. The molecule has 0 amide bonds. The maximum absolute atomic E-state index is 12.7. The third-order valence-corrected chi connectivity index (χ3v) is 3.09. The first-order valence-electron chi connectivity index (χ1n) is 6.42. The third-order valence-electron chi connectivity index (χ3n) is 3.09. The number of hydrogen-bond donors (Lipinski definition) is 2. The Morgan fingerprint density at radius 3 is 2.68 bits per heavy atom. The lowest BCUT2D eigenvalue weighted by Crippen LogP contribution is -2.48. The molecule has 0 aliphatic carbocycles. The first-order valence-corrected chi connectivity index (χ1v) is 6.42. The van der Waals surface area contributed by atoms with Gasteiger partial charge in [-0.2, -0.15) is 0 Å². The smallest absolute Gasteiger partial charge is 0.123 e. The Kier molecular flexibility index (Phi) is 4.74. The summed E-state index contributed by atoms with van der Waals surface area (Å²) in [5.41, 5.74) is 0.192. The SMILES string of the molecule is CC1(CNCC(O)COc2ccc(F)cc2)COC1. The van der Waals surface area contributed by atoms with Crippen molar-refractivity contribution in [3.05, 3.63) is 30.1 Å². The summed E-state index contributed by atoms with van der Waals surface area (Å²) in [4.78, 5) is 0. The number of ether oxygens (including phenoxy) is 2. The van der Waals surface area contributed by atoms with Crippen molar-refractivity contribution in [3.8, 4) is 5.75 Å². The zero-order valence-electron chi connectivity index (χ0n) is 11.1. The van der Waals surface area contributed by atoms with Crippen LogP contribution < -0.4 is 10.1 Å². The molecule has 1 aromatic rings. The minimum atomic E-state index is -0.588. The van der Waals surface area contributed by atoms with E-state index in [4.69, 9.17) is 9.47 Å². The molecule has 4 nitrogen and oxygen atoms in total. The molecule has 1 aliphatic heterocycles. The number of aliphatic hydroxyl groups is 1. The topological polar surface area (TPSA) is 50.7 Å². The standard InChI is InChI=1S/C14H20FNO3/c1-14(9-18-10-14)8-16-6-12(17)7-19-13-4-2-11(15)3-5-13/h2-5,12,16-17H,6-10H2,1H3. The molecule has 1 aromatic carbocycles. The van der Waals surface area contributed by atoms with Crippen molar-refractivity contribution in [3.63, 3.8) is 0 Å². The molecule has 0 radical (unpaired) electrons. The minimum absolute atomic E-state index is 0.186. The molecule has 2 rings (SSSR count). The van der Waals surface area contributed by atoms with Crippen LogP contribution in [0.4, 0.5) is 4.39 Å². The van der Waals surface area contributed by atoms with Crippen LogP contribution in [0.25, 0.3) is 0 Å². The van der Waals surface area contributed by atoms with Gasteiger partial charge in [0.1, 0.15) is 24.3 Å². The van der Waals surface area contributed by atoms with Crippen molar-refractivity contribution in [2.45, 2.75) is 13.0 Å². The molecular formula is C14H20FNO3. The molecule has 1 fully saturated rings. The summed E-state index contributed by atoms with van der Waals surface area (Å²) >= 11 is 0. The summed E-state index contributed by atoms with van der Waals surface area (Å²) < 4.78 is 23.2. The highest BCUT2D eigenvalue weighted by molar-refractivity contribution is 5.22. The second-order valence-corrected chi connectivity index (χ2v) is 5.35. The van der Waals surface area contributed by atoms with E-state index in [0.29, 0.717) is 12.3 Å². The Labute approximate surface area is 112 Å². The van der Waals surface area contributed by atoms with Gasteiger partial charge in [-0.15, -0.1) is 0 Å². The van der Waals surface area contributed by atoms with E-state index < -0.39 is 6.10 Å². The van der Waals surface area contributed by atoms with Gasteiger partial charge in [0, 0.05) is 18.5 Å². The summed E-state index contributed by atoms with van der Waals surface area (Å²) in [6.07, 6.45) is -0.588. The van der Waals surface area contributed by atoms with Crippen LogP contribution in [0.2, 0.25) is 0 Å². The van der Waals surface area contributed by atoms with Gasteiger partial charge < -0.3 is 19.9 Å². The van der Waals surface area contributed by atoms with Gasteiger partial charge in [0.25, 0.3) is 0 Å². The molecule has 0 aromatic heterocycles. The van der Waals surface area contributed by atoms with Gasteiger partial charge in [-0.3, -0.25) is 0 Å². The van der Waals surface area contributed by atoms with Gasteiger partial charge in [-0.05, 0) is 24.3 Å². The molecule has 2 N–H and O–H groups in total. The monoisotopic (exact) mass is 269 g/mol. The molecule has 5 heteroatoms.